The highest BCUT2D eigenvalue weighted by atomic mass is 16.6. The summed E-state index contributed by atoms with van der Waals surface area (Å²) in [7, 11) is 0. The van der Waals surface area contributed by atoms with Crippen LogP contribution in [0.1, 0.15) is 226 Å². The first-order valence-electron chi connectivity index (χ1n) is 25.8. The summed E-state index contributed by atoms with van der Waals surface area (Å²) in [6.07, 6.45) is 70.0. The van der Waals surface area contributed by atoms with E-state index in [9.17, 15) is 9.59 Å². The third kappa shape index (κ3) is 49.5. The van der Waals surface area contributed by atoms with Crippen molar-refractivity contribution in [2.24, 2.45) is 0 Å². The van der Waals surface area contributed by atoms with Crippen LogP contribution in [0.3, 0.4) is 0 Å². The lowest BCUT2D eigenvalue weighted by atomic mass is 10.0. The average Bonchev–Trinajstić information content (AvgIpc) is 3.27. The van der Waals surface area contributed by atoms with Gasteiger partial charge in [0.05, 0.1) is 6.61 Å². The Labute approximate surface area is 383 Å². The molecular formula is C57H96O5. The van der Waals surface area contributed by atoms with Crippen LogP contribution < -0.4 is 0 Å². The van der Waals surface area contributed by atoms with Gasteiger partial charge in [0.2, 0.25) is 0 Å². The number of hydrogen-bond acceptors (Lipinski definition) is 5. The van der Waals surface area contributed by atoms with Gasteiger partial charge in [-0.3, -0.25) is 9.59 Å². The number of unbranched alkanes of at least 4 members (excludes halogenated alkanes) is 19. The van der Waals surface area contributed by atoms with Crippen LogP contribution in [-0.4, -0.2) is 37.9 Å². The third-order valence-electron chi connectivity index (χ3n) is 10.6. The minimum atomic E-state index is -0.573. The summed E-state index contributed by atoms with van der Waals surface area (Å²) in [5.41, 5.74) is 0. The Bertz CT molecular complexity index is 1200. The Hall–Kier alpha value is -3.18. The van der Waals surface area contributed by atoms with E-state index in [4.69, 9.17) is 14.2 Å². The lowest BCUT2D eigenvalue weighted by Gasteiger charge is -2.18. The van der Waals surface area contributed by atoms with E-state index in [1.165, 1.54) is 103 Å². The second-order valence-corrected chi connectivity index (χ2v) is 16.7. The van der Waals surface area contributed by atoms with Gasteiger partial charge in [-0.25, -0.2) is 0 Å². The molecule has 0 fully saturated rings. The van der Waals surface area contributed by atoms with Gasteiger partial charge >= 0.3 is 11.9 Å². The van der Waals surface area contributed by atoms with Gasteiger partial charge in [0.15, 0.2) is 6.10 Å². The van der Waals surface area contributed by atoms with E-state index in [-0.39, 0.29) is 25.2 Å². The summed E-state index contributed by atoms with van der Waals surface area (Å²) in [6.45, 7) is 7.50. The van der Waals surface area contributed by atoms with Crippen LogP contribution >= 0.6 is 0 Å². The molecule has 0 saturated carbocycles. The van der Waals surface area contributed by atoms with E-state index in [1.807, 2.05) is 6.08 Å². The van der Waals surface area contributed by atoms with Crippen LogP contribution in [0.15, 0.2) is 97.2 Å². The monoisotopic (exact) mass is 861 g/mol. The number of esters is 2. The number of rotatable bonds is 46. The Kier molecular flexibility index (Phi) is 49.5. The molecule has 1 atom stereocenters. The SMILES string of the molecule is CC/C=C\C/C=C\C/C=C\C/C=C\CCCCCCCCCOCC(COC(=O)CC/C=C\C/C=C\C/C=C\C/C=C\CC)OC(=O)CCCCCCCCCCCCCCC. The Morgan fingerprint density at radius 1 is 0.371 bits per heavy atom. The molecule has 0 heterocycles. The van der Waals surface area contributed by atoms with E-state index >= 15 is 0 Å². The maximum atomic E-state index is 12.8. The normalized spacial score (nSPS) is 13.0. The molecule has 0 aliphatic rings. The average molecular weight is 861 g/mol. The Balaban J connectivity index is 4.34. The van der Waals surface area contributed by atoms with Gasteiger partial charge in [-0.15, -0.1) is 0 Å². The smallest absolute Gasteiger partial charge is 0.306 e. The summed E-state index contributed by atoms with van der Waals surface area (Å²) in [6, 6.07) is 0. The van der Waals surface area contributed by atoms with Crippen molar-refractivity contribution in [2.75, 3.05) is 19.8 Å². The van der Waals surface area contributed by atoms with Crippen molar-refractivity contribution in [3.8, 4) is 0 Å². The molecule has 0 N–H and O–H groups in total. The van der Waals surface area contributed by atoms with Crippen LogP contribution in [0.2, 0.25) is 0 Å². The summed E-state index contributed by atoms with van der Waals surface area (Å²) < 4.78 is 17.3. The highest BCUT2D eigenvalue weighted by Gasteiger charge is 2.17. The van der Waals surface area contributed by atoms with Gasteiger partial charge < -0.3 is 14.2 Å². The quantitative estimate of drug-likeness (QED) is 0.0347. The Morgan fingerprint density at radius 2 is 0.758 bits per heavy atom. The molecule has 0 rings (SSSR count). The second kappa shape index (κ2) is 52.2. The zero-order valence-corrected chi connectivity index (χ0v) is 40.6. The first kappa shape index (κ1) is 58.8. The summed E-state index contributed by atoms with van der Waals surface area (Å²) in [5, 5.41) is 0. The first-order valence-corrected chi connectivity index (χ1v) is 25.8. The fraction of sp³-hybridized carbons (Fsp3) is 0.684. The largest absolute Gasteiger partial charge is 0.462 e. The molecule has 0 aromatic carbocycles. The number of ether oxygens (including phenoxy) is 3. The molecular weight excluding hydrogens is 765 g/mol. The molecule has 0 amide bonds. The minimum absolute atomic E-state index is 0.0400. The van der Waals surface area contributed by atoms with Crippen molar-refractivity contribution in [3.63, 3.8) is 0 Å². The number of carbonyl (C=O) groups is 2. The van der Waals surface area contributed by atoms with Crippen molar-refractivity contribution in [3.05, 3.63) is 97.2 Å². The molecule has 5 heteroatoms. The molecule has 0 spiro atoms. The molecule has 62 heavy (non-hydrogen) atoms. The van der Waals surface area contributed by atoms with Crippen LogP contribution in [-0.2, 0) is 23.8 Å². The molecule has 0 radical (unpaired) electrons. The van der Waals surface area contributed by atoms with Crippen molar-refractivity contribution in [1.29, 1.82) is 0 Å². The topological polar surface area (TPSA) is 61.8 Å². The van der Waals surface area contributed by atoms with Gasteiger partial charge in [0, 0.05) is 19.4 Å². The minimum Gasteiger partial charge on any atom is -0.462 e. The second-order valence-electron chi connectivity index (χ2n) is 16.7. The summed E-state index contributed by atoms with van der Waals surface area (Å²) >= 11 is 0. The zero-order valence-electron chi connectivity index (χ0n) is 40.6. The standard InChI is InChI=1S/C57H96O5/c1-4-7-10-13-16-19-22-25-26-27-28-29-30-31-34-37-40-43-46-49-52-60-53-55(62-57(59)51-48-45-42-39-36-33-24-21-18-15-12-9-6-3)54-61-56(58)50-47-44-41-38-35-32-23-20-17-14-11-8-5-2/h7-8,10-11,16-17,19-20,25-26,28-29,32,35,41,44,55H,4-6,9,12-15,18,21-24,27,30-31,33-34,36-40,42-43,45-54H2,1-3H3/b10-7-,11-8-,19-16-,20-17-,26-25-,29-28-,35-32-,44-41-. The molecule has 0 bridgehead atoms. The number of carbonyl (C=O) groups excluding carboxylic acids is 2. The van der Waals surface area contributed by atoms with Crippen LogP contribution in [0, 0.1) is 0 Å². The van der Waals surface area contributed by atoms with E-state index in [2.05, 4.69) is 112 Å². The van der Waals surface area contributed by atoms with Crippen molar-refractivity contribution in [2.45, 2.75) is 232 Å². The summed E-state index contributed by atoms with van der Waals surface area (Å²) in [5.74, 6) is -0.497. The van der Waals surface area contributed by atoms with E-state index < -0.39 is 6.10 Å². The van der Waals surface area contributed by atoms with Crippen molar-refractivity contribution >= 4 is 11.9 Å². The van der Waals surface area contributed by atoms with Crippen molar-refractivity contribution < 1.29 is 23.8 Å². The van der Waals surface area contributed by atoms with Gasteiger partial charge in [-0.2, -0.15) is 0 Å². The van der Waals surface area contributed by atoms with E-state index in [0.29, 0.717) is 25.9 Å². The molecule has 0 saturated heterocycles. The molecule has 0 aliphatic carbocycles. The predicted molar refractivity (Wildman–Crippen MR) is 270 cm³/mol. The van der Waals surface area contributed by atoms with Crippen LogP contribution in [0.4, 0.5) is 0 Å². The number of allylic oxidation sites excluding steroid dienone is 16. The molecule has 0 aliphatic heterocycles. The lowest BCUT2D eigenvalue weighted by molar-refractivity contribution is -0.162. The first-order chi connectivity index (χ1) is 30.6. The van der Waals surface area contributed by atoms with Crippen LogP contribution in [0.25, 0.3) is 0 Å². The molecule has 0 aromatic heterocycles. The lowest BCUT2D eigenvalue weighted by Crippen LogP contribution is -2.30. The predicted octanol–water partition coefficient (Wildman–Crippen LogP) is 17.5. The third-order valence-corrected chi connectivity index (χ3v) is 10.6. The maximum absolute atomic E-state index is 12.8. The molecule has 5 nitrogen and oxygen atoms in total. The zero-order chi connectivity index (χ0) is 44.9. The van der Waals surface area contributed by atoms with Crippen LogP contribution in [0.5, 0.6) is 0 Å². The van der Waals surface area contributed by atoms with Gasteiger partial charge in [-0.1, -0.05) is 227 Å². The van der Waals surface area contributed by atoms with Crippen molar-refractivity contribution in [1.82, 2.24) is 0 Å². The molecule has 354 valence electrons. The van der Waals surface area contributed by atoms with E-state index in [0.717, 1.165) is 83.5 Å². The fourth-order valence-corrected chi connectivity index (χ4v) is 6.87. The maximum Gasteiger partial charge on any atom is 0.306 e. The highest BCUT2D eigenvalue weighted by Crippen LogP contribution is 2.14. The molecule has 1 unspecified atom stereocenters. The van der Waals surface area contributed by atoms with E-state index in [1.54, 1.807) is 0 Å². The molecule has 0 aromatic rings. The van der Waals surface area contributed by atoms with Gasteiger partial charge in [0.1, 0.15) is 6.61 Å². The summed E-state index contributed by atoms with van der Waals surface area (Å²) in [4.78, 5) is 25.3. The fourth-order valence-electron chi connectivity index (χ4n) is 6.87. The van der Waals surface area contributed by atoms with Gasteiger partial charge in [-0.05, 0) is 83.5 Å². The Morgan fingerprint density at radius 3 is 1.23 bits per heavy atom. The number of hydrogen-bond donors (Lipinski definition) is 0. The van der Waals surface area contributed by atoms with Gasteiger partial charge in [0.25, 0.3) is 0 Å². The highest BCUT2D eigenvalue weighted by molar-refractivity contribution is 5.70.